The summed E-state index contributed by atoms with van der Waals surface area (Å²) in [5, 5.41) is 12.0. The molecule has 1 fully saturated rings. The van der Waals surface area contributed by atoms with Crippen molar-refractivity contribution in [3.63, 3.8) is 0 Å². The van der Waals surface area contributed by atoms with Gasteiger partial charge < -0.3 is 10.0 Å². The van der Waals surface area contributed by atoms with Crippen molar-refractivity contribution < 1.29 is 14.7 Å². The number of carbonyl (C=O) groups is 2. The number of amides is 1. The third kappa shape index (κ3) is 3.00. The number of aromatic nitrogens is 1. The maximum Gasteiger partial charge on any atom is 0.407 e. The maximum atomic E-state index is 11.4. The van der Waals surface area contributed by atoms with Crippen molar-refractivity contribution in [2.75, 3.05) is 6.54 Å². The predicted molar refractivity (Wildman–Crippen MR) is 77.5 cm³/mol. The Morgan fingerprint density at radius 3 is 2.75 bits per heavy atom. The molecule has 20 heavy (non-hydrogen) atoms. The summed E-state index contributed by atoms with van der Waals surface area (Å²) < 4.78 is 0. The van der Waals surface area contributed by atoms with Crippen LogP contribution >= 0.6 is 11.3 Å². The van der Waals surface area contributed by atoms with E-state index >= 15 is 0 Å². The number of carbonyl (C=O) groups excluding carboxylic acids is 1. The van der Waals surface area contributed by atoms with Crippen LogP contribution < -0.4 is 0 Å². The Balaban J connectivity index is 2.20. The van der Waals surface area contributed by atoms with Gasteiger partial charge in [-0.2, -0.15) is 0 Å². The Kier molecular flexibility index (Phi) is 4.13. The lowest BCUT2D eigenvalue weighted by molar-refractivity contribution is 0.0525. The molecule has 1 N–H and O–H groups in total. The highest BCUT2D eigenvalue weighted by Crippen LogP contribution is 2.39. The zero-order valence-corrected chi connectivity index (χ0v) is 12.8. The Hall–Kier alpha value is -1.43. The van der Waals surface area contributed by atoms with E-state index in [1.54, 1.807) is 10.3 Å². The fourth-order valence-corrected chi connectivity index (χ4v) is 3.70. The molecule has 1 aliphatic heterocycles. The van der Waals surface area contributed by atoms with Crippen molar-refractivity contribution in [3.05, 3.63) is 16.1 Å². The van der Waals surface area contributed by atoms with Gasteiger partial charge in [-0.1, -0.05) is 20.8 Å². The molecule has 1 aromatic heterocycles. The van der Waals surface area contributed by atoms with Crippen LogP contribution in [0, 0.1) is 5.41 Å². The van der Waals surface area contributed by atoms with Gasteiger partial charge >= 0.3 is 6.09 Å². The van der Waals surface area contributed by atoms with E-state index in [0.717, 1.165) is 24.1 Å². The van der Waals surface area contributed by atoms with E-state index in [1.807, 2.05) is 0 Å². The predicted octanol–water partition coefficient (Wildman–Crippen LogP) is 3.23. The summed E-state index contributed by atoms with van der Waals surface area (Å²) >= 11 is 1.49. The minimum Gasteiger partial charge on any atom is -0.465 e. The molecule has 2 heterocycles. The molecule has 5 nitrogen and oxygen atoms in total. The molecule has 1 aliphatic rings. The van der Waals surface area contributed by atoms with E-state index in [2.05, 4.69) is 25.8 Å². The number of likely N-dealkylation sites (tertiary alicyclic amines) is 1. The SMILES string of the molecule is CC(C)(C)C1CC(c2nc(C=O)cs2)CCN1C(=O)O. The van der Waals surface area contributed by atoms with Crippen molar-refractivity contribution in [2.45, 2.75) is 45.6 Å². The third-order valence-electron chi connectivity index (χ3n) is 3.86. The number of aldehydes is 1. The number of rotatable bonds is 2. The number of piperidine rings is 1. The van der Waals surface area contributed by atoms with Crippen LogP contribution in [0.1, 0.15) is 55.0 Å². The maximum absolute atomic E-state index is 11.4. The minimum absolute atomic E-state index is 0.0256. The zero-order chi connectivity index (χ0) is 14.9. The van der Waals surface area contributed by atoms with Crippen LogP contribution in [0.3, 0.4) is 0 Å². The molecular formula is C14H20N2O3S. The second-order valence-electron chi connectivity index (χ2n) is 6.31. The first-order valence-electron chi connectivity index (χ1n) is 6.73. The highest BCUT2D eigenvalue weighted by Gasteiger charge is 2.39. The second-order valence-corrected chi connectivity index (χ2v) is 7.20. The van der Waals surface area contributed by atoms with Gasteiger partial charge in [-0.05, 0) is 18.3 Å². The molecule has 0 radical (unpaired) electrons. The summed E-state index contributed by atoms with van der Waals surface area (Å²) in [4.78, 5) is 28.0. The molecule has 1 amide bonds. The molecule has 6 heteroatoms. The Morgan fingerprint density at radius 2 is 2.25 bits per heavy atom. The topological polar surface area (TPSA) is 70.5 Å². The molecule has 0 aromatic carbocycles. The Morgan fingerprint density at radius 1 is 1.55 bits per heavy atom. The van der Waals surface area contributed by atoms with Gasteiger partial charge in [-0.25, -0.2) is 9.78 Å². The molecule has 0 aliphatic carbocycles. The van der Waals surface area contributed by atoms with Gasteiger partial charge in [0.15, 0.2) is 6.29 Å². The lowest BCUT2D eigenvalue weighted by atomic mass is 9.77. The van der Waals surface area contributed by atoms with Crippen LogP contribution in [-0.2, 0) is 0 Å². The van der Waals surface area contributed by atoms with E-state index < -0.39 is 6.09 Å². The van der Waals surface area contributed by atoms with Gasteiger partial charge in [-0.15, -0.1) is 11.3 Å². The first-order chi connectivity index (χ1) is 9.32. The average Bonchev–Trinajstić information content (AvgIpc) is 2.85. The smallest absolute Gasteiger partial charge is 0.407 e. The fourth-order valence-electron chi connectivity index (χ4n) is 2.78. The molecular weight excluding hydrogens is 276 g/mol. The summed E-state index contributed by atoms with van der Waals surface area (Å²) in [6.07, 6.45) is 1.44. The number of hydrogen-bond donors (Lipinski definition) is 1. The van der Waals surface area contributed by atoms with Crippen molar-refractivity contribution in [1.82, 2.24) is 9.88 Å². The van der Waals surface area contributed by atoms with Crippen molar-refractivity contribution in [3.8, 4) is 0 Å². The van der Waals surface area contributed by atoms with E-state index in [-0.39, 0.29) is 17.4 Å². The largest absolute Gasteiger partial charge is 0.465 e. The highest BCUT2D eigenvalue weighted by atomic mass is 32.1. The van der Waals surface area contributed by atoms with Gasteiger partial charge in [-0.3, -0.25) is 4.79 Å². The summed E-state index contributed by atoms with van der Waals surface area (Å²) in [6.45, 7) is 6.72. The molecule has 0 spiro atoms. The van der Waals surface area contributed by atoms with E-state index in [1.165, 1.54) is 11.3 Å². The number of thiazole rings is 1. The van der Waals surface area contributed by atoms with Crippen LogP contribution in [0.2, 0.25) is 0 Å². The average molecular weight is 296 g/mol. The summed E-state index contributed by atoms with van der Waals surface area (Å²) in [7, 11) is 0. The molecule has 0 bridgehead atoms. The highest BCUT2D eigenvalue weighted by molar-refractivity contribution is 7.09. The lowest BCUT2D eigenvalue weighted by Crippen LogP contribution is -2.51. The third-order valence-corrected chi connectivity index (χ3v) is 4.88. The summed E-state index contributed by atoms with van der Waals surface area (Å²) in [6, 6.07) is -0.0256. The number of carboxylic acid groups (broad SMARTS) is 1. The van der Waals surface area contributed by atoms with Gasteiger partial charge in [0, 0.05) is 23.9 Å². The summed E-state index contributed by atoms with van der Waals surface area (Å²) in [5.41, 5.74) is 0.361. The van der Waals surface area contributed by atoms with E-state index in [4.69, 9.17) is 0 Å². The molecule has 110 valence electrons. The molecule has 2 atom stereocenters. The van der Waals surface area contributed by atoms with E-state index in [9.17, 15) is 14.7 Å². The van der Waals surface area contributed by atoms with Gasteiger partial charge in [0.1, 0.15) is 5.69 Å². The Labute approximate surface area is 122 Å². The first kappa shape index (κ1) is 15.0. The summed E-state index contributed by atoms with van der Waals surface area (Å²) in [5.74, 6) is 0.244. The van der Waals surface area contributed by atoms with Crippen molar-refractivity contribution in [1.29, 1.82) is 0 Å². The fraction of sp³-hybridized carbons (Fsp3) is 0.643. The van der Waals surface area contributed by atoms with Crippen LogP contribution in [0.15, 0.2) is 5.38 Å². The van der Waals surface area contributed by atoms with Gasteiger partial charge in [0.2, 0.25) is 0 Å². The number of nitrogens with zero attached hydrogens (tertiary/aromatic N) is 2. The van der Waals surface area contributed by atoms with Gasteiger partial charge in [0.25, 0.3) is 0 Å². The molecule has 1 saturated heterocycles. The first-order valence-corrected chi connectivity index (χ1v) is 7.61. The van der Waals surface area contributed by atoms with Crippen molar-refractivity contribution >= 4 is 23.7 Å². The zero-order valence-electron chi connectivity index (χ0n) is 12.0. The van der Waals surface area contributed by atoms with Crippen molar-refractivity contribution in [2.24, 2.45) is 5.41 Å². The molecule has 1 aromatic rings. The lowest BCUT2D eigenvalue weighted by Gasteiger charge is -2.44. The van der Waals surface area contributed by atoms with Crippen LogP contribution in [0.4, 0.5) is 4.79 Å². The van der Waals surface area contributed by atoms with Gasteiger partial charge in [0.05, 0.1) is 5.01 Å². The molecule has 2 rings (SSSR count). The molecule has 2 unspecified atom stereocenters. The van der Waals surface area contributed by atoms with E-state index in [0.29, 0.717) is 12.2 Å². The minimum atomic E-state index is -0.851. The normalized spacial score (nSPS) is 23.6. The number of hydrogen-bond acceptors (Lipinski definition) is 4. The standard InChI is InChI=1S/C14H20N2O3S/c1-14(2,3)11-6-9(4-5-16(11)13(18)19)12-15-10(7-17)8-20-12/h7-9,11H,4-6H2,1-3H3,(H,18,19). The quantitative estimate of drug-likeness (QED) is 0.851. The van der Waals surface area contributed by atoms with Crippen LogP contribution in [0.25, 0.3) is 0 Å². The van der Waals surface area contributed by atoms with Crippen LogP contribution in [-0.4, -0.2) is 40.0 Å². The molecule has 0 saturated carbocycles. The second kappa shape index (κ2) is 5.52. The van der Waals surface area contributed by atoms with Crippen LogP contribution in [0.5, 0.6) is 0 Å². The Bertz CT molecular complexity index is 507. The monoisotopic (exact) mass is 296 g/mol.